The minimum absolute atomic E-state index is 0.252. The van der Waals surface area contributed by atoms with Gasteiger partial charge in [-0.15, -0.1) is 0 Å². The van der Waals surface area contributed by atoms with Crippen molar-refractivity contribution >= 4 is 15.7 Å². The highest BCUT2D eigenvalue weighted by molar-refractivity contribution is 7.92. The van der Waals surface area contributed by atoms with Crippen molar-refractivity contribution in [1.29, 1.82) is 0 Å². The van der Waals surface area contributed by atoms with Crippen molar-refractivity contribution < 1.29 is 8.42 Å². The Hall–Kier alpha value is -1.85. The molecule has 0 atom stereocenters. The summed E-state index contributed by atoms with van der Waals surface area (Å²) in [6.45, 7) is 4.06. The lowest BCUT2D eigenvalue weighted by Gasteiger charge is -2.13. The third-order valence-electron chi connectivity index (χ3n) is 3.16. The zero-order chi connectivity index (χ0) is 14.8. The maximum atomic E-state index is 12.4. The molecule has 0 bridgehead atoms. The maximum Gasteiger partial charge on any atom is 0.261 e. The quantitative estimate of drug-likeness (QED) is 0.909. The zero-order valence-corrected chi connectivity index (χ0v) is 12.4. The summed E-state index contributed by atoms with van der Waals surface area (Å²) in [4.78, 5) is 0.252. The predicted molar refractivity (Wildman–Crippen MR) is 81.1 cm³/mol. The van der Waals surface area contributed by atoms with Crippen LogP contribution in [0.3, 0.4) is 0 Å². The molecule has 5 heteroatoms. The van der Waals surface area contributed by atoms with E-state index in [2.05, 4.69) is 4.72 Å². The summed E-state index contributed by atoms with van der Waals surface area (Å²) in [6, 6.07) is 12.2. The Morgan fingerprint density at radius 3 is 2.45 bits per heavy atom. The van der Waals surface area contributed by atoms with Crippen LogP contribution in [-0.4, -0.2) is 8.42 Å². The molecule has 0 aliphatic heterocycles. The number of nitrogens with one attached hydrogen (secondary N) is 1. The first-order valence-electron chi connectivity index (χ1n) is 6.32. The lowest BCUT2D eigenvalue weighted by atomic mass is 10.1. The van der Waals surface area contributed by atoms with Gasteiger partial charge in [-0.05, 0) is 48.7 Å². The first kappa shape index (κ1) is 14.6. The molecule has 0 fully saturated rings. The Labute approximate surface area is 119 Å². The van der Waals surface area contributed by atoms with Crippen LogP contribution in [0.2, 0.25) is 0 Å². The molecule has 3 N–H and O–H groups in total. The van der Waals surface area contributed by atoms with Gasteiger partial charge in [0.2, 0.25) is 0 Å². The van der Waals surface area contributed by atoms with Gasteiger partial charge in [-0.2, -0.15) is 0 Å². The van der Waals surface area contributed by atoms with E-state index < -0.39 is 10.0 Å². The largest absolute Gasteiger partial charge is 0.326 e. The van der Waals surface area contributed by atoms with Crippen molar-refractivity contribution in [3.8, 4) is 0 Å². The highest BCUT2D eigenvalue weighted by atomic mass is 32.2. The zero-order valence-electron chi connectivity index (χ0n) is 11.6. The fourth-order valence-corrected chi connectivity index (χ4v) is 3.25. The van der Waals surface area contributed by atoms with Crippen LogP contribution in [0.4, 0.5) is 5.69 Å². The molecule has 0 aliphatic carbocycles. The molecule has 0 radical (unpaired) electrons. The molecule has 0 aliphatic rings. The van der Waals surface area contributed by atoms with Crippen LogP contribution < -0.4 is 10.5 Å². The SMILES string of the molecule is Cc1cccc(S(=O)(=O)Nc2cccc(C)c2CN)c1. The first-order chi connectivity index (χ1) is 9.44. The fourth-order valence-electron chi connectivity index (χ4n) is 2.06. The summed E-state index contributed by atoms with van der Waals surface area (Å²) in [5.41, 5.74) is 8.91. The molecule has 0 saturated heterocycles. The summed E-state index contributed by atoms with van der Waals surface area (Å²) in [6.07, 6.45) is 0. The van der Waals surface area contributed by atoms with Crippen molar-refractivity contribution in [2.24, 2.45) is 5.73 Å². The molecule has 0 unspecified atom stereocenters. The van der Waals surface area contributed by atoms with Crippen LogP contribution in [0.25, 0.3) is 0 Å². The third kappa shape index (κ3) is 3.00. The molecule has 2 rings (SSSR count). The van der Waals surface area contributed by atoms with Gasteiger partial charge in [0, 0.05) is 6.54 Å². The standard InChI is InChI=1S/C15H18N2O2S/c1-11-5-3-7-13(9-11)20(18,19)17-15-8-4-6-12(2)14(15)10-16/h3-9,17H,10,16H2,1-2H3. The van der Waals surface area contributed by atoms with Crippen LogP contribution in [0, 0.1) is 13.8 Å². The minimum Gasteiger partial charge on any atom is -0.326 e. The van der Waals surface area contributed by atoms with E-state index in [1.165, 1.54) is 0 Å². The van der Waals surface area contributed by atoms with E-state index in [1.54, 1.807) is 24.3 Å². The van der Waals surface area contributed by atoms with Crippen LogP contribution in [-0.2, 0) is 16.6 Å². The molecular formula is C15H18N2O2S. The second-order valence-electron chi connectivity index (χ2n) is 4.73. The monoisotopic (exact) mass is 290 g/mol. The van der Waals surface area contributed by atoms with E-state index in [-0.39, 0.29) is 4.90 Å². The Morgan fingerprint density at radius 2 is 1.80 bits per heavy atom. The van der Waals surface area contributed by atoms with E-state index in [0.29, 0.717) is 12.2 Å². The van der Waals surface area contributed by atoms with Gasteiger partial charge in [-0.1, -0.05) is 24.3 Å². The highest BCUT2D eigenvalue weighted by Crippen LogP contribution is 2.22. The lowest BCUT2D eigenvalue weighted by Crippen LogP contribution is -2.15. The lowest BCUT2D eigenvalue weighted by molar-refractivity contribution is 0.601. The second-order valence-corrected chi connectivity index (χ2v) is 6.41. The first-order valence-corrected chi connectivity index (χ1v) is 7.80. The normalized spacial score (nSPS) is 11.3. The topological polar surface area (TPSA) is 72.2 Å². The van der Waals surface area contributed by atoms with Crippen molar-refractivity contribution in [3.05, 3.63) is 59.2 Å². The van der Waals surface area contributed by atoms with E-state index in [0.717, 1.165) is 16.7 Å². The Bertz CT molecular complexity index is 724. The van der Waals surface area contributed by atoms with Gasteiger partial charge in [0.15, 0.2) is 0 Å². The Balaban J connectivity index is 2.41. The minimum atomic E-state index is -3.59. The number of hydrogen-bond acceptors (Lipinski definition) is 3. The molecule has 106 valence electrons. The Kier molecular flexibility index (Phi) is 4.11. The summed E-state index contributed by atoms with van der Waals surface area (Å²) in [5.74, 6) is 0. The summed E-state index contributed by atoms with van der Waals surface area (Å²) in [7, 11) is -3.59. The van der Waals surface area contributed by atoms with Crippen LogP contribution in [0.1, 0.15) is 16.7 Å². The second kappa shape index (κ2) is 5.64. The summed E-state index contributed by atoms with van der Waals surface area (Å²) >= 11 is 0. The molecule has 2 aromatic rings. The van der Waals surface area contributed by atoms with Crippen molar-refractivity contribution in [2.75, 3.05) is 4.72 Å². The molecule has 0 amide bonds. The number of aryl methyl sites for hydroxylation is 2. The number of hydrogen-bond donors (Lipinski definition) is 2. The number of anilines is 1. The number of rotatable bonds is 4. The number of benzene rings is 2. The van der Waals surface area contributed by atoms with Crippen molar-refractivity contribution in [2.45, 2.75) is 25.3 Å². The van der Waals surface area contributed by atoms with Crippen LogP contribution in [0.5, 0.6) is 0 Å². The third-order valence-corrected chi connectivity index (χ3v) is 4.52. The Morgan fingerprint density at radius 1 is 1.10 bits per heavy atom. The van der Waals surface area contributed by atoms with Gasteiger partial charge in [0.05, 0.1) is 10.6 Å². The average molecular weight is 290 g/mol. The number of sulfonamides is 1. The smallest absolute Gasteiger partial charge is 0.261 e. The van der Waals surface area contributed by atoms with Crippen LogP contribution >= 0.6 is 0 Å². The van der Waals surface area contributed by atoms with E-state index in [4.69, 9.17) is 5.73 Å². The highest BCUT2D eigenvalue weighted by Gasteiger charge is 2.16. The summed E-state index contributed by atoms with van der Waals surface area (Å²) < 4.78 is 27.4. The van der Waals surface area contributed by atoms with Crippen LogP contribution in [0.15, 0.2) is 47.4 Å². The fraction of sp³-hybridized carbons (Fsp3) is 0.200. The van der Waals surface area contributed by atoms with Gasteiger partial charge >= 0.3 is 0 Å². The average Bonchev–Trinajstić information content (AvgIpc) is 2.38. The molecule has 4 nitrogen and oxygen atoms in total. The van der Waals surface area contributed by atoms with Crippen molar-refractivity contribution in [3.63, 3.8) is 0 Å². The maximum absolute atomic E-state index is 12.4. The predicted octanol–water partition coefficient (Wildman–Crippen LogP) is 2.56. The molecule has 0 heterocycles. The van der Waals surface area contributed by atoms with Gasteiger partial charge in [-0.25, -0.2) is 8.42 Å². The van der Waals surface area contributed by atoms with Gasteiger partial charge in [-0.3, -0.25) is 4.72 Å². The number of nitrogens with two attached hydrogens (primary N) is 1. The van der Waals surface area contributed by atoms with Gasteiger partial charge < -0.3 is 5.73 Å². The van der Waals surface area contributed by atoms with E-state index in [9.17, 15) is 8.42 Å². The van der Waals surface area contributed by atoms with E-state index in [1.807, 2.05) is 32.0 Å². The molecule has 0 spiro atoms. The summed E-state index contributed by atoms with van der Waals surface area (Å²) in [5, 5.41) is 0. The molecule has 20 heavy (non-hydrogen) atoms. The molecule has 0 aromatic heterocycles. The van der Waals surface area contributed by atoms with Gasteiger partial charge in [0.25, 0.3) is 10.0 Å². The van der Waals surface area contributed by atoms with E-state index >= 15 is 0 Å². The van der Waals surface area contributed by atoms with Gasteiger partial charge in [0.1, 0.15) is 0 Å². The van der Waals surface area contributed by atoms with Crippen molar-refractivity contribution in [1.82, 2.24) is 0 Å². The molecule has 2 aromatic carbocycles. The molecule has 0 saturated carbocycles. The molecular weight excluding hydrogens is 272 g/mol.